The standard InChI is InChI=1S/C16H14F5N3OS/c1-3-7-26-14-15(4-2,13(22-23-14)16(19,20)21)24(9-25)12-6-5-10(17)8-11(12)18/h3,5-6,8-9H,1,4,7H2,2H3. The molecule has 1 unspecified atom stereocenters. The smallest absolute Gasteiger partial charge is 0.294 e. The third-order valence-corrected chi connectivity index (χ3v) is 4.89. The first-order chi connectivity index (χ1) is 12.2. The van der Waals surface area contributed by atoms with Crippen molar-refractivity contribution in [2.24, 2.45) is 10.2 Å². The van der Waals surface area contributed by atoms with Crippen LogP contribution in [0.15, 0.2) is 41.1 Å². The van der Waals surface area contributed by atoms with Crippen LogP contribution in [0.3, 0.4) is 0 Å². The molecule has 1 aromatic carbocycles. The monoisotopic (exact) mass is 391 g/mol. The molecule has 1 amide bonds. The van der Waals surface area contributed by atoms with Crippen molar-refractivity contribution in [2.45, 2.75) is 25.1 Å². The highest BCUT2D eigenvalue weighted by Gasteiger charge is 2.59. The molecule has 0 aromatic heterocycles. The Morgan fingerprint density at radius 3 is 2.50 bits per heavy atom. The SMILES string of the molecule is C=CCSC1=NN=C(C(F)(F)F)C1(CC)N(C=O)c1ccc(F)cc1F. The molecule has 0 aliphatic carbocycles. The lowest BCUT2D eigenvalue weighted by Crippen LogP contribution is -2.61. The van der Waals surface area contributed by atoms with E-state index in [2.05, 4.69) is 16.8 Å². The molecule has 4 nitrogen and oxygen atoms in total. The summed E-state index contributed by atoms with van der Waals surface area (Å²) in [7, 11) is 0. The summed E-state index contributed by atoms with van der Waals surface area (Å²) >= 11 is 0.903. The van der Waals surface area contributed by atoms with Gasteiger partial charge in [-0.25, -0.2) is 8.78 Å². The van der Waals surface area contributed by atoms with Gasteiger partial charge in [0.1, 0.15) is 22.2 Å². The Morgan fingerprint density at radius 2 is 2.00 bits per heavy atom. The predicted molar refractivity (Wildman–Crippen MR) is 91.5 cm³/mol. The molecule has 140 valence electrons. The van der Waals surface area contributed by atoms with Gasteiger partial charge in [-0.05, 0) is 18.6 Å². The zero-order valence-electron chi connectivity index (χ0n) is 13.6. The van der Waals surface area contributed by atoms with Gasteiger partial charge in [0.2, 0.25) is 6.41 Å². The number of thioether (sulfide) groups is 1. The largest absolute Gasteiger partial charge is 0.434 e. The Bertz CT molecular complexity index is 778. The number of benzene rings is 1. The van der Waals surface area contributed by atoms with Crippen LogP contribution < -0.4 is 4.90 Å². The number of carbonyl (C=O) groups excluding carboxylic acids is 1. The van der Waals surface area contributed by atoms with E-state index in [0.29, 0.717) is 11.0 Å². The van der Waals surface area contributed by atoms with Crippen LogP contribution in [0.25, 0.3) is 0 Å². The fourth-order valence-electron chi connectivity index (χ4n) is 2.67. The number of hydrogen-bond donors (Lipinski definition) is 0. The maximum Gasteiger partial charge on any atom is 0.434 e. The van der Waals surface area contributed by atoms with Crippen molar-refractivity contribution >= 4 is 34.6 Å². The number of hydrogen-bond acceptors (Lipinski definition) is 4. The average Bonchev–Trinajstić information content (AvgIpc) is 2.95. The Kier molecular flexibility index (Phi) is 5.84. The molecule has 0 bridgehead atoms. The van der Waals surface area contributed by atoms with Gasteiger partial charge >= 0.3 is 6.18 Å². The fraction of sp³-hybridized carbons (Fsp3) is 0.312. The lowest BCUT2D eigenvalue weighted by atomic mass is 9.88. The van der Waals surface area contributed by atoms with Crippen LogP contribution in [0.5, 0.6) is 0 Å². The van der Waals surface area contributed by atoms with E-state index in [4.69, 9.17) is 0 Å². The molecular weight excluding hydrogens is 377 g/mol. The number of anilines is 1. The Labute approximate surface area is 150 Å². The molecule has 2 rings (SSSR count). The van der Waals surface area contributed by atoms with Gasteiger partial charge in [0.15, 0.2) is 5.71 Å². The molecule has 0 fully saturated rings. The molecule has 26 heavy (non-hydrogen) atoms. The Balaban J connectivity index is 2.67. The highest BCUT2D eigenvalue weighted by atomic mass is 32.2. The normalized spacial score (nSPS) is 19.8. The van der Waals surface area contributed by atoms with Gasteiger partial charge in [-0.15, -0.1) is 28.5 Å². The van der Waals surface area contributed by atoms with Crippen molar-refractivity contribution < 1.29 is 26.7 Å². The van der Waals surface area contributed by atoms with E-state index >= 15 is 0 Å². The van der Waals surface area contributed by atoms with E-state index in [1.54, 1.807) is 0 Å². The molecule has 0 N–H and O–H groups in total. The fourth-order valence-corrected chi connectivity index (χ4v) is 3.63. The Hall–Kier alpha value is -2.23. The van der Waals surface area contributed by atoms with E-state index in [0.717, 1.165) is 23.9 Å². The highest BCUT2D eigenvalue weighted by molar-refractivity contribution is 8.14. The van der Waals surface area contributed by atoms with Gasteiger partial charge in [-0.2, -0.15) is 13.2 Å². The van der Waals surface area contributed by atoms with Crippen molar-refractivity contribution in [1.29, 1.82) is 0 Å². The third-order valence-electron chi connectivity index (χ3n) is 3.79. The number of alkyl halides is 3. The van der Waals surface area contributed by atoms with Gasteiger partial charge < -0.3 is 0 Å². The second-order valence-corrected chi connectivity index (χ2v) is 6.24. The van der Waals surface area contributed by atoms with Crippen LogP contribution in [0, 0.1) is 11.6 Å². The van der Waals surface area contributed by atoms with Gasteiger partial charge in [0.25, 0.3) is 0 Å². The third kappa shape index (κ3) is 3.37. The molecule has 0 saturated heterocycles. The summed E-state index contributed by atoms with van der Waals surface area (Å²) in [6.07, 6.45) is -3.67. The first-order valence-corrected chi connectivity index (χ1v) is 8.38. The van der Waals surface area contributed by atoms with Gasteiger partial charge in [0.05, 0.1) is 5.69 Å². The lowest BCUT2D eigenvalue weighted by molar-refractivity contribution is -0.108. The molecule has 0 spiro atoms. The molecule has 1 heterocycles. The summed E-state index contributed by atoms with van der Waals surface area (Å²) < 4.78 is 68.2. The summed E-state index contributed by atoms with van der Waals surface area (Å²) in [6, 6.07) is 2.24. The second-order valence-electron chi connectivity index (χ2n) is 5.24. The highest BCUT2D eigenvalue weighted by Crippen LogP contribution is 2.42. The molecule has 1 aliphatic rings. The first-order valence-electron chi connectivity index (χ1n) is 7.39. The van der Waals surface area contributed by atoms with Crippen LogP contribution in [0.1, 0.15) is 13.3 Å². The summed E-state index contributed by atoms with van der Waals surface area (Å²) in [5.74, 6) is -1.89. The van der Waals surface area contributed by atoms with E-state index in [-0.39, 0.29) is 23.6 Å². The summed E-state index contributed by atoms with van der Waals surface area (Å²) in [5, 5.41) is 6.70. The van der Waals surface area contributed by atoms with Gasteiger partial charge in [-0.3, -0.25) is 9.69 Å². The number of halogens is 5. The zero-order valence-corrected chi connectivity index (χ0v) is 14.4. The minimum atomic E-state index is -4.91. The van der Waals surface area contributed by atoms with Crippen LogP contribution in [0.2, 0.25) is 0 Å². The predicted octanol–water partition coefficient (Wildman–Crippen LogP) is 4.33. The first kappa shape index (κ1) is 20.1. The number of amides is 1. The van der Waals surface area contributed by atoms with Crippen LogP contribution in [-0.4, -0.2) is 34.6 Å². The number of rotatable bonds is 6. The molecule has 1 atom stereocenters. The summed E-state index contributed by atoms with van der Waals surface area (Å²) in [5.41, 5.74) is -3.99. The van der Waals surface area contributed by atoms with Crippen molar-refractivity contribution in [2.75, 3.05) is 10.7 Å². The van der Waals surface area contributed by atoms with E-state index < -0.39 is 34.7 Å². The molecule has 10 heteroatoms. The molecule has 1 aromatic rings. The van der Waals surface area contributed by atoms with E-state index in [1.165, 1.54) is 13.0 Å². The van der Waals surface area contributed by atoms with Crippen molar-refractivity contribution in [3.63, 3.8) is 0 Å². The number of carbonyl (C=O) groups is 1. The summed E-state index contributed by atoms with van der Waals surface area (Å²) in [6.45, 7) is 4.89. The average molecular weight is 391 g/mol. The maximum atomic E-state index is 14.2. The minimum absolute atomic E-state index is 0.0659. The van der Waals surface area contributed by atoms with Crippen molar-refractivity contribution in [3.8, 4) is 0 Å². The van der Waals surface area contributed by atoms with Crippen LogP contribution in [-0.2, 0) is 4.79 Å². The molecule has 1 aliphatic heterocycles. The van der Waals surface area contributed by atoms with Crippen LogP contribution >= 0.6 is 11.8 Å². The van der Waals surface area contributed by atoms with Gasteiger partial charge in [0, 0.05) is 11.8 Å². The van der Waals surface area contributed by atoms with E-state index in [1.807, 2.05) is 0 Å². The summed E-state index contributed by atoms with van der Waals surface area (Å²) in [4.78, 5) is 12.3. The topological polar surface area (TPSA) is 45.0 Å². The van der Waals surface area contributed by atoms with Gasteiger partial charge in [-0.1, -0.05) is 13.0 Å². The molecule has 0 saturated carbocycles. The quantitative estimate of drug-likeness (QED) is 0.412. The second kappa shape index (κ2) is 7.56. The molecular formula is C16H14F5N3OS. The number of nitrogens with zero attached hydrogens (tertiary/aromatic N) is 3. The molecule has 0 radical (unpaired) electrons. The van der Waals surface area contributed by atoms with Crippen molar-refractivity contribution in [1.82, 2.24) is 0 Å². The van der Waals surface area contributed by atoms with E-state index in [9.17, 15) is 26.7 Å². The minimum Gasteiger partial charge on any atom is -0.294 e. The zero-order chi connectivity index (χ0) is 19.5. The Morgan fingerprint density at radius 1 is 1.31 bits per heavy atom. The van der Waals surface area contributed by atoms with Crippen LogP contribution in [0.4, 0.5) is 27.6 Å². The maximum absolute atomic E-state index is 14.2. The lowest BCUT2D eigenvalue weighted by Gasteiger charge is -2.39. The van der Waals surface area contributed by atoms with Crippen molar-refractivity contribution in [3.05, 3.63) is 42.5 Å².